The van der Waals surface area contributed by atoms with E-state index in [9.17, 15) is 13.2 Å². The maximum absolute atomic E-state index is 11.9. The van der Waals surface area contributed by atoms with Crippen LogP contribution >= 0.6 is 27.3 Å². The van der Waals surface area contributed by atoms with Crippen LogP contribution < -0.4 is 4.89 Å². The first-order valence-corrected chi connectivity index (χ1v) is 8.38. The number of methoxy groups -OCH3 is 1. The van der Waals surface area contributed by atoms with Gasteiger partial charge in [0.1, 0.15) is 9.77 Å². The number of esters is 1. The Balaban J connectivity index is 2.89. The zero-order valence-corrected chi connectivity index (χ0v) is 13.8. The monoisotopic (exact) mass is 371 g/mol. The van der Waals surface area contributed by atoms with Crippen LogP contribution in [0.1, 0.15) is 23.5 Å². The van der Waals surface area contributed by atoms with Gasteiger partial charge in [-0.1, -0.05) is 18.7 Å². The third kappa shape index (κ3) is 4.53. The van der Waals surface area contributed by atoms with E-state index >= 15 is 0 Å². The van der Waals surface area contributed by atoms with Crippen LogP contribution in [0.2, 0.25) is 0 Å². The van der Waals surface area contributed by atoms with E-state index in [0.717, 1.165) is 11.3 Å². The van der Waals surface area contributed by atoms with Crippen molar-refractivity contribution in [3.05, 3.63) is 14.7 Å². The number of rotatable bonds is 6. The van der Waals surface area contributed by atoms with Crippen molar-refractivity contribution in [3.8, 4) is 0 Å². The lowest BCUT2D eigenvalue weighted by molar-refractivity contribution is 0.0606. The molecular formula is C10H14BrNO5S2. The standard InChI is InChI=1S/C10H14BrNO5S2/c1-6(2)5-17-12-19(14,15)8-4-7(10(13)16-3)18-9(8)11/h4,6,12H,5H2,1-3H3. The number of carbonyl (C=O) groups excluding carboxylic acids is 1. The van der Waals surface area contributed by atoms with Crippen LogP contribution in [0, 0.1) is 5.92 Å². The first-order chi connectivity index (χ1) is 8.77. The molecule has 9 heteroatoms. The van der Waals surface area contributed by atoms with Crippen molar-refractivity contribution in [2.75, 3.05) is 13.7 Å². The van der Waals surface area contributed by atoms with Gasteiger partial charge < -0.3 is 4.74 Å². The molecule has 0 aliphatic heterocycles. The number of nitrogens with one attached hydrogen (secondary N) is 1. The molecule has 0 amide bonds. The highest BCUT2D eigenvalue weighted by Crippen LogP contribution is 2.31. The van der Waals surface area contributed by atoms with Crippen LogP contribution in [0.5, 0.6) is 0 Å². The molecule has 0 atom stereocenters. The lowest BCUT2D eigenvalue weighted by atomic mass is 10.2. The molecule has 0 unspecified atom stereocenters. The van der Waals surface area contributed by atoms with Crippen molar-refractivity contribution in [2.45, 2.75) is 18.7 Å². The molecule has 6 nitrogen and oxygen atoms in total. The highest BCUT2D eigenvalue weighted by atomic mass is 79.9. The van der Waals surface area contributed by atoms with E-state index < -0.39 is 16.0 Å². The topological polar surface area (TPSA) is 81.7 Å². The summed E-state index contributed by atoms with van der Waals surface area (Å²) in [6, 6.07) is 1.24. The summed E-state index contributed by atoms with van der Waals surface area (Å²) in [5, 5.41) is 0. The van der Waals surface area contributed by atoms with E-state index in [4.69, 9.17) is 4.84 Å². The first-order valence-electron chi connectivity index (χ1n) is 5.29. The number of hydrogen-bond donors (Lipinski definition) is 1. The van der Waals surface area contributed by atoms with Gasteiger partial charge in [-0.3, -0.25) is 4.84 Å². The molecule has 19 heavy (non-hydrogen) atoms. The molecule has 1 heterocycles. The van der Waals surface area contributed by atoms with Crippen LogP contribution in [-0.2, 0) is 19.6 Å². The predicted molar refractivity (Wildman–Crippen MR) is 74.5 cm³/mol. The molecule has 0 saturated heterocycles. The molecule has 1 aromatic heterocycles. The molecule has 0 saturated carbocycles. The Morgan fingerprint density at radius 3 is 2.68 bits per heavy atom. The summed E-state index contributed by atoms with van der Waals surface area (Å²) in [4.78, 5) is 18.4. The van der Waals surface area contributed by atoms with Crippen LogP contribution in [0.25, 0.3) is 0 Å². The van der Waals surface area contributed by atoms with Gasteiger partial charge in [0, 0.05) is 0 Å². The van der Waals surface area contributed by atoms with Crippen LogP contribution in [-0.4, -0.2) is 28.1 Å². The largest absolute Gasteiger partial charge is 0.465 e. The van der Waals surface area contributed by atoms with Gasteiger partial charge in [0.05, 0.1) is 17.5 Å². The predicted octanol–water partition coefficient (Wildman–Crippen LogP) is 2.16. The number of halogens is 1. The molecule has 108 valence electrons. The molecule has 1 aromatic rings. The van der Waals surface area contributed by atoms with E-state index in [1.807, 2.05) is 18.7 Å². The molecule has 0 bridgehead atoms. The van der Waals surface area contributed by atoms with Crippen LogP contribution in [0.3, 0.4) is 0 Å². The van der Waals surface area contributed by atoms with Gasteiger partial charge >= 0.3 is 5.97 Å². The zero-order valence-electron chi connectivity index (χ0n) is 10.6. The second kappa shape index (κ2) is 6.80. The van der Waals surface area contributed by atoms with Gasteiger partial charge in [0.15, 0.2) is 0 Å². The number of hydrogen-bond acceptors (Lipinski definition) is 6. The summed E-state index contributed by atoms with van der Waals surface area (Å²) in [7, 11) is -2.59. The molecule has 0 spiro atoms. The third-order valence-corrected chi connectivity index (χ3v) is 5.36. The maximum Gasteiger partial charge on any atom is 0.348 e. The molecule has 0 aliphatic rings. The Hall–Kier alpha value is -0.480. The van der Waals surface area contributed by atoms with Crippen LogP contribution in [0.4, 0.5) is 0 Å². The number of sulfonamides is 1. The SMILES string of the molecule is COC(=O)c1cc(S(=O)(=O)NOCC(C)C)c(Br)s1. The van der Waals surface area contributed by atoms with Crippen LogP contribution in [0.15, 0.2) is 14.7 Å². The Kier molecular flexibility index (Phi) is 5.93. The molecule has 1 N–H and O–H groups in total. The highest BCUT2D eigenvalue weighted by Gasteiger charge is 2.23. The summed E-state index contributed by atoms with van der Waals surface area (Å²) < 4.78 is 28.7. The van der Waals surface area contributed by atoms with Gasteiger partial charge in [-0.25, -0.2) is 13.2 Å². The van der Waals surface area contributed by atoms with Crippen molar-refractivity contribution in [2.24, 2.45) is 5.92 Å². The summed E-state index contributed by atoms with van der Waals surface area (Å²) in [6.07, 6.45) is 0. The van der Waals surface area contributed by atoms with E-state index in [2.05, 4.69) is 20.7 Å². The lowest BCUT2D eigenvalue weighted by Gasteiger charge is -2.07. The molecule has 0 radical (unpaired) electrons. The van der Waals surface area contributed by atoms with E-state index in [1.54, 1.807) is 0 Å². The van der Waals surface area contributed by atoms with E-state index in [1.165, 1.54) is 13.2 Å². The minimum absolute atomic E-state index is 0.0540. The minimum atomic E-state index is -3.82. The molecule has 1 rings (SSSR count). The Labute approximate surface area is 124 Å². The fraction of sp³-hybridized carbons (Fsp3) is 0.500. The van der Waals surface area contributed by atoms with E-state index in [-0.39, 0.29) is 22.3 Å². The maximum atomic E-state index is 11.9. The molecular weight excluding hydrogens is 358 g/mol. The van der Waals surface area contributed by atoms with Gasteiger partial charge in [-0.05, 0) is 27.9 Å². The smallest absolute Gasteiger partial charge is 0.348 e. The average molecular weight is 372 g/mol. The van der Waals surface area contributed by atoms with Crippen molar-refractivity contribution >= 4 is 43.3 Å². The highest BCUT2D eigenvalue weighted by molar-refractivity contribution is 9.11. The minimum Gasteiger partial charge on any atom is -0.465 e. The number of ether oxygens (including phenoxy) is 1. The number of thiophene rings is 1. The molecule has 0 aromatic carbocycles. The summed E-state index contributed by atoms with van der Waals surface area (Å²) in [6.45, 7) is 4.04. The van der Waals surface area contributed by atoms with Crippen molar-refractivity contribution in [1.82, 2.24) is 4.89 Å². The van der Waals surface area contributed by atoms with Crippen molar-refractivity contribution in [3.63, 3.8) is 0 Å². The van der Waals surface area contributed by atoms with Gasteiger partial charge in [0.2, 0.25) is 0 Å². The van der Waals surface area contributed by atoms with Crippen molar-refractivity contribution in [1.29, 1.82) is 0 Å². The molecule has 0 fully saturated rings. The normalized spacial score (nSPS) is 11.8. The second-order valence-corrected chi connectivity index (χ2v) is 8.02. The van der Waals surface area contributed by atoms with Gasteiger partial charge in [0.25, 0.3) is 10.0 Å². The fourth-order valence-electron chi connectivity index (χ4n) is 1.06. The van der Waals surface area contributed by atoms with E-state index in [0.29, 0.717) is 3.79 Å². The lowest BCUT2D eigenvalue weighted by Crippen LogP contribution is -2.25. The van der Waals surface area contributed by atoms with Crippen molar-refractivity contribution < 1.29 is 22.8 Å². The van der Waals surface area contributed by atoms with Gasteiger partial charge in [-0.15, -0.1) is 11.3 Å². The fourth-order valence-corrected chi connectivity index (χ4v) is 4.36. The Morgan fingerprint density at radius 1 is 1.53 bits per heavy atom. The number of carbonyl (C=O) groups is 1. The molecule has 0 aliphatic carbocycles. The van der Waals surface area contributed by atoms with Gasteiger partial charge in [-0.2, -0.15) is 0 Å². The summed E-state index contributed by atoms with van der Waals surface area (Å²) in [5.41, 5.74) is 0. The first kappa shape index (κ1) is 16.6. The average Bonchev–Trinajstić information content (AvgIpc) is 2.70. The summed E-state index contributed by atoms with van der Waals surface area (Å²) in [5.74, 6) is -0.394. The quantitative estimate of drug-likeness (QED) is 0.611. The third-order valence-electron chi connectivity index (χ3n) is 1.92. The Bertz CT molecular complexity index is 552. The second-order valence-electron chi connectivity index (χ2n) is 4.03. The Morgan fingerprint density at radius 2 is 2.16 bits per heavy atom. The summed E-state index contributed by atoms with van der Waals surface area (Å²) >= 11 is 4.09. The zero-order chi connectivity index (χ0) is 14.6.